The molecule has 0 saturated carbocycles. The van der Waals surface area contributed by atoms with Gasteiger partial charge in [0.15, 0.2) is 0 Å². The molecule has 2 aromatic rings. The molecule has 7 nitrogen and oxygen atoms in total. The van der Waals surface area contributed by atoms with Gasteiger partial charge in [-0.3, -0.25) is 4.79 Å². The Kier molecular flexibility index (Phi) is 7.42. The van der Waals surface area contributed by atoms with Crippen LogP contribution in [0.3, 0.4) is 0 Å². The fraction of sp³-hybridized carbons (Fsp3) is 0.182. The minimum absolute atomic E-state index is 0.0111. The minimum Gasteiger partial charge on any atom is -0.496 e. The van der Waals surface area contributed by atoms with Gasteiger partial charge in [-0.25, -0.2) is 4.79 Å². The molecule has 0 spiro atoms. The van der Waals surface area contributed by atoms with Gasteiger partial charge < -0.3 is 24.7 Å². The molecule has 0 bridgehead atoms. The molecule has 7 heteroatoms. The lowest BCUT2D eigenvalue weighted by Crippen LogP contribution is -2.20. The maximum absolute atomic E-state index is 12.5. The number of methoxy groups -OCH3 is 4. The Balaban J connectivity index is 2.75. The Hall–Kier alpha value is -3.74. The normalized spacial score (nSPS) is 11.6. The smallest absolute Gasteiger partial charge is 0.338 e. The van der Waals surface area contributed by atoms with Crippen LogP contribution in [0.4, 0.5) is 0 Å². The Morgan fingerprint density at radius 3 is 1.86 bits per heavy atom. The monoisotopic (exact) mass is 397 g/mol. The zero-order chi connectivity index (χ0) is 21.4. The van der Waals surface area contributed by atoms with Crippen LogP contribution in [0.2, 0.25) is 0 Å². The van der Waals surface area contributed by atoms with Crippen LogP contribution in [-0.2, 0) is 14.3 Å². The molecule has 0 saturated heterocycles. The molecule has 2 rings (SSSR count). The van der Waals surface area contributed by atoms with Crippen LogP contribution < -0.4 is 19.9 Å². The lowest BCUT2D eigenvalue weighted by atomic mass is 9.98. The van der Waals surface area contributed by atoms with Gasteiger partial charge in [0.05, 0.1) is 45.1 Å². The van der Waals surface area contributed by atoms with E-state index in [4.69, 9.17) is 24.7 Å². The third-order valence-corrected chi connectivity index (χ3v) is 4.11. The highest BCUT2D eigenvalue weighted by molar-refractivity contribution is 6.14. The standard InChI is InChI=1S/C22H23NO6/c1-26-15-11-19(27-2)18(20(12-15)28-3)13-17(22(25)29-4)16(21(23)24)10-14-8-6-5-7-9-14/h5-13H,1-4H3,(H2,23,24)/b16-10+,17-13-. The summed E-state index contributed by atoms with van der Waals surface area (Å²) >= 11 is 0. The second kappa shape index (κ2) is 9.98. The second-order valence-electron chi connectivity index (χ2n) is 5.83. The summed E-state index contributed by atoms with van der Waals surface area (Å²) in [7, 11) is 5.67. The molecule has 2 N–H and O–H groups in total. The Labute approximate surface area is 169 Å². The van der Waals surface area contributed by atoms with Crippen molar-refractivity contribution in [2.75, 3.05) is 28.4 Å². The first-order chi connectivity index (χ1) is 13.9. The van der Waals surface area contributed by atoms with Crippen molar-refractivity contribution in [2.24, 2.45) is 5.73 Å². The quantitative estimate of drug-likeness (QED) is 0.418. The number of carbonyl (C=O) groups excluding carboxylic acids is 2. The van der Waals surface area contributed by atoms with Gasteiger partial charge in [0.25, 0.3) is 0 Å². The van der Waals surface area contributed by atoms with Gasteiger partial charge >= 0.3 is 5.97 Å². The van der Waals surface area contributed by atoms with E-state index in [1.165, 1.54) is 40.6 Å². The van der Waals surface area contributed by atoms with Crippen molar-refractivity contribution in [3.05, 3.63) is 64.7 Å². The summed E-state index contributed by atoms with van der Waals surface area (Å²) in [5.74, 6) is -0.245. The molecule has 0 aliphatic heterocycles. The van der Waals surface area contributed by atoms with Crippen molar-refractivity contribution in [3.63, 3.8) is 0 Å². The minimum atomic E-state index is -0.781. The fourth-order valence-electron chi connectivity index (χ4n) is 2.67. The van der Waals surface area contributed by atoms with E-state index in [1.807, 2.05) is 18.2 Å². The van der Waals surface area contributed by atoms with Crippen LogP contribution >= 0.6 is 0 Å². The molecule has 29 heavy (non-hydrogen) atoms. The molecule has 0 radical (unpaired) electrons. The largest absolute Gasteiger partial charge is 0.496 e. The summed E-state index contributed by atoms with van der Waals surface area (Å²) in [4.78, 5) is 24.7. The molecular formula is C22H23NO6. The summed E-state index contributed by atoms with van der Waals surface area (Å²) in [5.41, 5.74) is 6.66. The van der Waals surface area contributed by atoms with E-state index in [9.17, 15) is 9.59 Å². The highest BCUT2D eigenvalue weighted by atomic mass is 16.5. The molecule has 0 fully saturated rings. The molecule has 0 aliphatic carbocycles. The Morgan fingerprint density at radius 2 is 1.41 bits per heavy atom. The van der Waals surface area contributed by atoms with Crippen molar-refractivity contribution in [1.82, 2.24) is 0 Å². The lowest BCUT2D eigenvalue weighted by Gasteiger charge is -2.14. The zero-order valence-corrected chi connectivity index (χ0v) is 16.7. The number of rotatable bonds is 8. The highest BCUT2D eigenvalue weighted by Crippen LogP contribution is 2.36. The van der Waals surface area contributed by atoms with Gasteiger partial charge in [0, 0.05) is 12.1 Å². The van der Waals surface area contributed by atoms with Gasteiger partial charge in [-0.1, -0.05) is 30.3 Å². The van der Waals surface area contributed by atoms with E-state index in [0.29, 0.717) is 28.4 Å². The van der Waals surface area contributed by atoms with Crippen LogP contribution in [0, 0.1) is 0 Å². The van der Waals surface area contributed by atoms with Crippen LogP contribution in [0.5, 0.6) is 17.2 Å². The topological polar surface area (TPSA) is 97.1 Å². The van der Waals surface area contributed by atoms with Crippen molar-refractivity contribution >= 4 is 24.0 Å². The molecule has 1 amide bonds. The van der Waals surface area contributed by atoms with E-state index in [-0.39, 0.29) is 11.1 Å². The predicted octanol–water partition coefficient (Wildman–Crippen LogP) is 2.84. The number of nitrogens with two attached hydrogens (primary N) is 1. The van der Waals surface area contributed by atoms with Crippen molar-refractivity contribution < 1.29 is 28.5 Å². The number of ether oxygens (including phenoxy) is 4. The number of primary amides is 1. The maximum Gasteiger partial charge on any atom is 0.338 e. The Bertz CT molecular complexity index is 922. The predicted molar refractivity (Wildman–Crippen MR) is 110 cm³/mol. The SMILES string of the molecule is COC(=O)C(=C\c1c(OC)cc(OC)cc1OC)/C(=C\c1ccccc1)C(N)=O. The van der Waals surface area contributed by atoms with Gasteiger partial charge in [-0.2, -0.15) is 0 Å². The number of benzene rings is 2. The third-order valence-electron chi connectivity index (χ3n) is 4.11. The number of hydrogen-bond acceptors (Lipinski definition) is 6. The van der Waals surface area contributed by atoms with Crippen molar-refractivity contribution in [2.45, 2.75) is 0 Å². The van der Waals surface area contributed by atoms with Gasteiger partial charge in [0.2, 0.25) is 5.91 Å². The Morgan fingerprint density at radius 1 is 0.828 bits per heavy atom. The fourth-order valence-corrected chi connectivity index (χ4v) is 2.67. The average molecular weight is 397 g/mol. The molecule has 0 aromatic heterocycles. The summed E-state index contributed by atoms with van der Waals surface area (Å²) in [5, 5.41) is 0. The summed E-state index contributed by atoms with van der Waals surface area (Å²) in [6.07, 6.45) is 2.97. The first-order valence-electron chi connectivity index (χ1n) is 8.62. The third kappa shape index (κ3) is 5.16. The lowest BCUT2D eigenvalue weighted by molar-refractivity contribution is -0.136. The summed E-state index contributed by atoms with van der Waals surface area (Å²) in [6.45, 7) is 0. The first kappa shape index (κ1) is 21.6. The van der Waals surface area contributed by atoms with E-state index in [2.05, 4.69) is 0 Å². The average Bonchev–Trinajstić information content (AvgIpc) is 2.75. The number of carbonyl (C=O) groups is 2. The van der Waals surface area contributed by atoms with E-state index >= 15 is 0 Å². The molecule has 0 heterocycles. The molecule has 0 atom stereocenters. The van der Waals surface area contributed by atoms with Crippen LogP contribution in [0.1, 0.15) is 11.1 Å². The van der Waals surface area contributed by atoms with Crippen LogP contribution in [0.15, 0.2) is 53.6 Å². The van der Waals surface area contributed by atoms with Crippen LogP contribution in [0.25, 0.3) is 12.2 Å². The van der Waals surface area contributed by atoms with Crippen LogP contribution in [-0.4, -0.2) is 40.3 Å². The number of esters is 1. The summed E-state index contributed by atoms with van der Waals surface area (Å²) < 4.78 is 20.9. The molecule has 0 aliphatic rings. The second-order valence-corrected chi connectivity index (χ2v) is 5.83. The molecular weight excluding hydrogens is 374 g/mol. The van der Waals surface area contributed by atoms with Gasteiger partial charge in [-0.15, -0.1) is 0 Å². The molecule has 0 unspecified atom stereocenters. The van der Waals surface area contributed by atoms with E-state index in [1.54, 1.807) is 24.3 Å². The maximum atomic E-state index is 12.5. The van der Waals surface area contributed by atoms with Crippen molar-refractivity contribution in [3.8, 4) is 17.2 Å². The van der Waals surface area contributed by atoms with E-state index in [0.717, 1.165) is 0 Å². The highest BCUT2D eigenvalue weighted by Gasteiger charge is 2.22. The summed E-state index contributed by atoms with van der Waals surface area (Å²) in [6, 6.07) is 12.3. The van der Waals surface area contributed by atoms with E-state index < -0.39 is 11.9 Å². The molecule has 2 aromatic carbocycles. The van der Waals surface area contributed by atoms with Gasteiger partial charge in [0.1, 0.15) is 17.2 Å². The zero-order valence-electron chi connectivity index (χ0n) is 16.7. The number of amides is 1. The molecule has 152 valence electrons. The van der Waals surface area contributed by atoms with Gasteiger partial charge in [-0.05, 0) is 17.7 Å². The number of hydrogen-bond donors (Lipinski definition) is 1. The van der Waals surface area contributed by atoms with Crippen molar-refractivity contribution in [1.29, 1.82) is 0 Å². The first-order valence-corrected chi connectivity index (χ1v) is 8.62.